The van der Waals surface area contributed by atoms with Gasteiger partial charge in [0.25, 0.3) is 0 Å². The van der Waals surface area contributed by atoms with Gasteiger partial charge in [-0.05, 0) is 24.1 Å². The number of methoxy groups -OCH3 is 3. The third kappa shape index (κ3) is 3.85. The molecule has 0 aliphatic carbocycles. The van der Waals surface area contributed by atoms with Crippen LogP contribution in [-0.4, -0.2) is 33.3 Å². The minimum atomic E-state index is -0.763. The Hall–Kier alpha value is -2.30. The van der Waals surface area contributed by atoms with Crippen LogP contribution in [0.25, 0.3) is 0 Å². The van der Waals surface area contributed by atoms with Crippen LogP contribution in [0.15, 0.2) is 36.4 Å². The Bertz CT molecular complexity index is 489. The van der Waals surface area contributed by atoms with Gasteiger partial charge in [0, 0.05) is 5.57 Å². The molecule has 0 heterocycles. The zero-order chi connectivity index (χ0) is 15.1. The molecule has 1 aromatic rings. The molecule has 5 heteroatoms. The molecule has 5 nitrogen and oxygen atoms in total. The summed E-state index contributed by atoms with van der Waals surface area (Å²) in [5.74, 6) is -1.18. The van der Waals surface area contributed by atoms with Crippen LogP contribution >= 0.6 is 0 Å². The Morgan fingerprint density at radius 2 is 1.70 bits per heavy atom. The first-order chi connectivity index (χ1) is 9.53. The van der Waals surface area contributed by atoms with Crippen LogP contribution in [-0.2, 0) is 25.5 Å². The van der Waals surface area contributed by atoms with Crippen LogP contribution in [0.5, 0.6) is 5.75 Å². The molecular formula is C15H18O5. The van der Waals surface area contributed by atoms with Crippen molar-refractivity contribution in [2.24, 2.45) is 5.92 Å². The van der Waals surface area contributed by atoms with Gasteiger partial charge in [0.1, 0.15) is 5.75 Å². The van der Waals surface area contributed by atoms with Crippen molar-refractivity contribution >= 4 is 11.9 Å². The largest absolute Gasteiger partial charge is 0.497 e. The SMILES string of the molecule is C=C(C(=O)OC)C(Cc1ccc(OC)cc1)C(=O)OC. The first-order valence-corrected chi connectivity index (χ1v) is 6.01. The van der Waals surface area contributed by atoms with E-state index < -0.39 is 17.9 Å². The summed E-state index contributed by atoms with van der Waals surface area (Å²) in [7, 11) is 4.09. The molecule has 0 radical (unpaired) electrons. The number of hydrogen-bond donors (Lipinski definition) is 0. The van der Waals surface area contributed by atoms with Crippen LogP contribution in [0.2, 0.25) is 0 Å². The molecular weight excluding hydrogens is 260 g/mol. The van der Waals surface area contributed by atoms with Crippen molar-refractivity contribution in [3.8, 4) is 5.75 Å². The molecule has 0 aromatic heterocycles. The van der Waals surface area contributed by atoms with Crippen LogP contribution in [0.3, 0.4) is 0 Å². The van der Waals surface area contributed by atoms with Crippen molar-refractivity contribution in [1.82, 2.24) is 0 Å². The summed E-state index contributed by atoms with van der Waals surface area (Å²) in [6.07, 6.45) is 0.310. The van der Waals surface area contributed by atoms with Crippen molar-refractivity contribution in [3.63, 3.8) is 0 Å². The molecule has 1 atom stereocenters. The second-order valence-corrected chi connectivity index (χ2v) is 4.14. The lowest BCUT2D eigenvalue weighted by molar-refractivity contribution is -0.147. The standard InChI is InChI=1S/C15H18O5/c1-10(14(16)19-3)13(15(17)20-4)9-11-5-7-12(18-2)8-6-11/h5-8,13H,1,9H2,2-4H3. The molecule has 20 heavy (non-hydrogen) atoms. The Kier molecular flexibility index (Phi) is 5.77. The zero-order valence-electron chi connectivity index (χ0n) is 11.8. The number of benzene rings is 1. The maximum absolute atomic E-state index is 11.8. The van der Waals surface area contributed by atoms with Gasteiger partial charge in [0.2, 0.25) is 0 Å². The van der Waals surface area contributed by atoms with E-state index in [1.807, 2.05) is 12.1 Å². The highest BCUT2D eigenvalue weighted by atomic mass is 16.5. The normalized spacial score (nSPS) is 11.3. The van der Waals surface area contributed by atoms with E-state index in [2.05, 4.69) is 11.3 Å². The summed E-state index contributed by atoms with van der Waals surface area (Å²) >= 11 is 0. The third-order valence-electron chi connectivity index (χ3n) is 2.95. The van der Waals surface area contributed by atoms with Gasteiger partial charge < -0.3 is 14.2 Å². The first kappa shape index (κ1) is 15.8. The van der Waals surface area contributed by atoms with Gasteiger partial charge in [-0.2, -0.15) is 0 Å². The Balaban J connectivity index is 2.91. The van der Waals surface area contributed by atoms with Crippen molar-refractivity contribution in [1.29, 1.82) is 0 Å². The number of carbonyl (C=O) groups excluding carboxylic acids is 2. The minimum Gasteiger partial charge on any atom is -0.497 e. The molecule has 0 saturated carbocycles. The van der Waals surface area contributed by atoms with Gasteiger partial charge in [-0.1, -0.05) is 18.7 Å². The first-order valence-electron chi connectivity index (χ1n) is 6.01. The second kappa shape index (κ2) is 7.33. The van der Waals surface area contributed by atoms with E-state index in [0.717, 1.165) is 11.3 Å². The highest BCUT2D eigenvalue weighted by molar-refractivity contribution is 5.95. The summed E-state index contributed by atoms with van der Waals surface area (Å²) in [6, 6.07) is 7.20. The molecule has 0 amide bonds. The lowest BCUT2D eigenvalue weighted by atomic mass is 9.92. The highest BCUT2D eigenvalue weighted by Gasteiger charge is 2.27. The Morgan fingerprint density at radius 1 is 1.10 bits per heavy atom. The van der Waals surface area contributed by atoms with Crippen LogP contribution in [0, 0.1) is 5.92 Å². The zero-order valence-corrected chi connectivity index (χ0v) is 11.8. The molecule has 108 valence electrons. The number of ether oxygens (including phenoxy) is 3. The van der Waals surface area contributed by atoms with E-state index in [9.17, 15) is 9.59 Å². The molecule has 1 rings (SSSR count). The predicted molar refractivity (Wildman–Crippen MR) is 73.4 cm³/mol. The van der Waals surface area contributed by atoms with Crippen molar-refractivity contribution in [2.45, 2.75) is 6.42 Å². The van der Waals surface area contributed by atoms with Crippen molar-refractivity contribution < 1.29 is 23.8 Å². The van der Waals surface area contributed by atoms with E-state index in [0.29, 0.717) is 6.42 Å². The Labute approximate surface area is 118 Å². The molecule has 1 unspecified atom stereocenters. The van der Waals surface area contributed by atoms with E-state index in [-0.39, 0.29) is 5.57 Å². The predicted octanol–water partition coefficient (Wildman–Crippen LogP) is 1.76. The lowest BCUT2D eigenvalue weighted by Crippen LogP contribution is -2.25. The highest BCUT2D eigenvalue weighted by Crippen LogP contribution is 2.20. The van der Waals surface area contributed by atoms with Crippen molar-refractivity contribution in [2.75, 3.05) is 21.3 Å². The molecule has 0 fully saturated rings. The molecule has 0 saturated heterocycles. The van der Waals surface area contributed by atoms with Gasteiger partial charge in [0.15, 0.2) is 0 Å². The van der Waals surface area contributed by atoms with E-state index in [1.54, 1.807) is 19.2 Å². The van der Waals surface area contributed by atoms with Crippen LogP contribution in [0.1, 0.15) is 5.56 Å². The summed E-state index contributed by atoms with van der Waals surface area (Å²) in [5.41, 5.74) is 0.946. The topological polar surface area (TPSA) is 61.8 Å². The second-order valence-electron chi connectivity index (χ2n) is 4.14. The van der Waals surface area contributed by atoms with Gasteiger partial charge in [-0.25, -0.2) is 4.79 Å². The third-order valence-corrected chi connectivity index (χ3v) is 2.95. The van der Waals surface area contributed by atoms with Crippen molar-refractivity contribution in [3.05, 3.63) is 42.0 Å². The summed E-state index contributed by atoms with van der Waals surface area (Å²) in [4.78, 5) is 23.3. The minimum absolute atomic E-state index is 0.0789. The molecule has 0 bridgehead atoms. The summed E-state index contributed by atoms with van der Waals surface area (Å²) in [5, 5.41) is 0. The number of carbonyl (C=O) groups is 2. The van der Waals surface area contributed by atoms with Crippen LogP contribution in [0.4, 0.5) is 0 Å². The Morgan fingerprint density at radius 3 is 2.15 bits per heavy atom. The molecule has 0 aliphatic heterocycles. The monoisotopic (exact) mass is 278 g/mol. The lowest BCUT2D eigenvalue weighted by Gasteiger charge is -2.16. The van der Waals surface area contributed by atoms with Gasteiger partial charge in [0.05, 0.1) is 27.2 Å². The van der Waals surface area contributed by atoms with Gasteiger partial charge in [-0.15, -0.1) is 0 Å². The molecule has 0 spiro atoms. The van der Waals surface area contributed by atoms with E-state index in [1.165, 1.54) is 14.2 Å². The average molecular weight is 278 g/mol. The fourth-order valence-electron chi connectivity index (χ4n) is 1.76. The smallest absolute Gasteiger partial charge is 0.334 e. The maximum atomic E-state index is 11.8. The number of rotatable bonds is 6. The van der Waals surface area contributed by atoms with E-state index in [4.69, 9.17) is 9.47 Å². The average Bonchev–Trinajstić information content (AvgIpc) is 2.50. The maximum Gasteiger partial charge on any atom is 0.334 e. The van der Waals surface area contributed by atoms with E-state index >= 15 is 0 Å². The fraction of sp³-hybridized carbons (Fsp3) is 0.333. The van der Waals surface area contributed by atoms with Crippen LogP contribution < -0.4 is 4.74 Å². The molecule has 0 aliphatic rings. The number of esters is 2. The molecule has 0 N–H and O–H groups in total. The fourth-order valence-corrected chi connectivity index (χ4v) is 1.76. The quantitative estimate of drug-likeness (QED) is 0.586. The summed E-state index contributed by atoms with van der Waals surface area (Å²) < 4.78 is 14.4. The van der Waals surface area contributed by atoms with Gasteiger partial charge >= 0.3 is 11.9 Å². The van der Waals surface area contributed by atoms with Gasteiger partial charge in [-0.3, -0.25) is 4.79 Å². The molecule has 1 aromatic carbocycles. The number of hydrogen-bond acceptors (Lipinski definition) is 5. The summed E-state index contributed by atoms with van der Waals surface area (Å²) in [6.45, 7) is 3.62.